The van der Waals surface area contributed by atoms with Gasteiger partial charge in [-0.15, -0.1) is 0 Å². The Kier molecular flexibility index (Phi) is 3.50. The Hall–Kier alpha value is -0.710. The highest BCUT2D eigenvalue weighted by molar-refractivity contribution is 7.85. The van der Waals surface area contributed by atoms with Crippen molar-refractivity contribution in [1.29, 1.82) is 0 Å². The minimum Gasteiger partial charge on any atom is -0.377 e. The molecule has 2 N–H and O–H groups in total. The van der Waals surface area contributed by atoms with Gasteiger partial charge in [-0.1, -0.05) is 24.3 Å². The van der Waals surface area contributed by atoms with Gasteiger partial charge in [-0.25, -0.2) is 0 Å². The molecule has 98 valence electrons. The standard InChI is InChI=1S/C14H19NO2S/c15-14-12-6-2-1-4-10(12)8-13(14)18(16)9-11-5-3-7-17-11/h1-2,4,6,11,13-14H,3,5,7-9,15H2. The maximum atomic E-state index is 12.4. The Morgan fingerprint density at radius 1 is 1.39 bits per heavy atom. The normalized spacial score (nSPS) is 32.4. The molecule has 1 fully saturated rings. The van der Waals surface area contributed by atoms with Crippen LogP contribution in [0.1, 0.15) is 30.0 Å². The fourth-order valence-corrected chi connectivity index (χ4v) is 4.64. The van der Waals surface area contributed by atoms with E-state index in [4.69, 9.17) is 10.5 Å². The van der Waals surface area contributed by atoms with Crippen molar-refractivity contribution in [3.63, 3.8) is 0 Å². The zero-order valence-electron chi connectivity index (χ0n) is 10.4. The number of ether oxygens (including phenoxy) is 1. The fourth-order valence-electron chi connectivity index (χ4n) is 2.93. The molecular formula is C14H19NO2S. The van der Waals surface area contributed by atoms with Crippen molar-refractivity contribution < 1.29 is 8.95 Å². The van der Waals surface area contributed by atoms with Gasteiger partial charge in [0.05, 0.1) is 17.1 Å². The van der Waals surface area contributed by atoms with Crippen LogP contribution < -0.4 is 5.73 Å². The zero-order chi connectivity index (χ0) is 12.5. The number of fused-ring (bicyclic) bond motifs is 1. The molecule has 2 aliphatic rings. The SMILES string of the molecule is NC1c2ccccc2CC1S(=O)CC1CCCO1. The molecule has 3 rings (SSSR count). The Morgan fingerprint density at radius 2 is 2.22 bits per heavy atom. The smallest absolute Gasteiger partial charge is 0.0691 e. The minimum absolute atomic E-state index is 0.0617. The largest absolute Gasteiger partial charge is 0.377 e. The van der Waals surface area contributed by atoms with Gasteiger partial charge in [-0.3, -0.25) is 4.21 Å². The molecule has 0 saturated carbocycles. The molecule has 1 aliphatic carbocycles. The molecule has 4 unspecified atom stereocenters. The lowest BCUT2D eigenvalue weighted by molar-refractivity contribution is 0.128. The number of hydrogen-bond donors (Lipinski definition) is 1. The molecule has 3 nitrogen and oxygen atoms in total. The van der Waals surface area contributed by atoms with Gasteiger partial charge in [0, 0.05) is 23.4 Å². The Balaban J connectivity index is 1.69. The van der Waals surface area contributed by atoms with Crippen LogP contribution in [0, 0.1) is 0 Å². The predicted molar refractivity (Wildman–Crippen MR) is 72.8 cm³/mol. The van der Waals surface area contributed by atoms with Crippen molar-refractivity contribution >= 4 is 10.8 Å². The average Bonchev–Trinajstić information content (AvgIpc) is 2.98. The fraction of sp³-hybridized carbons (Fsp3) is 0.571. The first-order valence-electron chi connectivity index (χ1n) is 6.58. The summed E-state index contributed by atoms with van der Waals surface area (Å²) in [4.78, 5) is 0. The molecule has 4 atom stereocenters. The third-order valence-electron chi connectivity index (χ3n) is 3.95. The maximum Gasteiger partial charge on any atom is 0.0691 e. The van der Waals surface area contributed by atoms with Crippen LogP contribution in [0.25, 0.3) is 0 Å². The second-order valence-corrected chi connectivity index (χ2v) is 6.85. The van der Waals surface area contributed by atoms with Crippen molar-refractivity contribution in [1.82, 2.24) is 0 Å². The van der Waals surface area contributed by atoms with E-state index in [2.05, 4.69) is 12.1 Å². The van der Waals surface area contributed by atoms with Crippen molar-refractivity contribution in [2.45, 2.75) is 36.7 Å². The molecule has 4 heteroatoms. The van der Waals surface area contributed by atoms with Crippen molar-refractivity contribution in [3.05, 3.63) is 35.4 Å². The summed E-state index contributed by atoms with van der Waals surface area (Å²) in [5.74, 6) is 0.645. The van der Waals surface area contributed by atoms with E-state index in [9.17, 15) is 4.21 Å². The highest BCUT2D eigenvalue weighted by Crippen LogP contribution is 2.33. The number of rotatable bonds is 3. The number of benzene rings is 1. The quantitative estimate of drug-likeness (QED) is 0.902. The van der Waals surface area contributed by atoms with Gasteiger partial charge in [0.1, 0.15) is 0 Å². The first-order chi connectivity index (χ1) is 8.75. The molecule has 18 heavy (non-hydrogen) atoms. The van der Waals surface area contributed by atoms with E-state index in [0.29, 0.717) is 5.75 Å². The highest BCUT2D eigenvalue weighted by atomic mass is 32.2. The molecule has 1 aromatic carbocycles. The molecular weight excluding hydrogens is 246 g/mol. The second-order valence-electron chi connectivity index (χ2n) is 5.15. The zero-order valence-corrected chi connectivity index (χ0v) is 11.2. The third-order valence-corrected chi connectivity index (χ3v) is 5.78. The van der Waals surface area contributed by atoms with E-state index in [0.717, 1.165) is 25.9 Å². The van der Waals surface area contributed by atoms with E-state index < -0.39 is 10.8 Å². The van der Waals surface area contributed by atoms with Crippen LogP contribution in [0.4, 0.5) is 0 Å². The van der Waals surface area contributed by atoms with Gasteiger partial charge in [-0.05, 0) is 30.4 Å². The van der Waals surface area contributed by atoms with Gasteiger partial charge in [0.25, 0.3) is 0 Å². The lowest BCUT2D eigenvalue weighted by Gasteiger charge is -2.17. The molecule has 1 heterocycles. The van der Waals surface area contributed by atoms with Crippen molar-refractivity contribution in [2.75, 3.05) is 12.4 Å². The molecule has 0 bridgehead atoms. The molecule has 0 amide bonds. The van der Waals surface area contributed by atoms with E-state index in [1.807, 2.05) is 12.1 Å². The van der Waals surface area contributed by atoms with E-state index in [1.165, 1.54) is 11.1 Å². The monoisotopic (exact) mass is 265 g/mol. The highest BCUT2D eigenvalue weighted by Gasteiger charge is 2.34. The van der Waals surface area contributed by atoms with Crippen molar-refractivity contribution in [2.24, 2.45) is 5.73 Å². The molecule has 0 aromatic heterocycles. The summed E-state index contributed by atoms with van der Waals surface area (Å²) in [6.07, 6.45) is 3.16. The molecule has 0 radical (unpaired) electrons. The minimum atomic E-state index is -0.892. The summed E-state index contributed by atoms with van der Waals surface area (Å²) < 4.78 is 18.0. The summed E-state index contributed by atoms with van der Waals surface area (Å²) in [5.41, 5.74) is 8.66. The van der Waals surface area contributed by atoms with E-state index in [-0.39, 0.29) is 17.4 Å². The van der Waals surface area contributed by atoms with Crippen molar-refractivity contribution in [3.8, 4) is 0 Å². The topological polar surface area (TPSA) is 52.3 Å². The maximum absolute atomic E-state index is 12.4. The summed E-state index contributed by atoms with van der Waals surface area (Å²) in [6.45, 7) is 0.818. The first kappa shape index (κ1) is 12.3. The number of nitrogens with two attached hydrogens (primary N) is 1. The van der Waals surface area contributed by atoms with Gasteiger partial charge >= 0.3 is 0 Å². The first-order valence-corrected chi connectivity index (χ1v) is 7.96. The van der Waals surface area contributed by atoms with Crippen LogP contribution in [0.15, 0.2) is 24.3 Å². The van der Waals surface area contributed by atoms with E-state index in [1.54, 1.807) is 0 Å². The lowest BCUT2D eigenvalue weighted by atomic mass is 10.1. The summed E-state index contributed by atoms with van der Waals surface area (Å²) in [6, 6.07) is 8.10. The predicted octanol–water partition coefficient (Wildman–Crippen LogP) is 1.54. The average molecular weight is 265 g/mol. The molecule has 1 aromatic rings. The van der Waals surface area contributed by atoms with Crippen LogP contribution in [0.2, 0.25) is 0 Å². The van der Waals surface area contributed by atoms with Crippen LogP contribution in [-0.2, 0) is 22.0 Å². The van der Waals surface area contributed by atoms with Gasteiger partial charge in [-0.2, -0.15) is 0 Å². The van der Waals surface area contributed by atoms with Crippen LogP contribution in [0.3, 0.4) is 0 Å². The lowest BCUT2D eigenvalue weighted by Crippen LogP contribution is -2.31. The van der Waals surface area contributed by atoms with E-state index >= 15 is 0 Å². The Labute approximate surface area is 110 Å². The van der Waals surface area contributed by atoms with Gasteiger partial charge in [0.15, 0.2) is 0 Å². The summed E-state index contributed by atoms with van der Waals surface area (Å²) >= 11 is 0. The molecule has 0 spiro atoms. The third kappa shape index (κ3) is 2.25. The molecule has 1 saturated heterocycles. The molecule has 1 aliphatic heterocycles. The van der Waals surface area contributed by atoms with Gasteiger partial charge < -0.3 is 10.5 Å². The van der Waals surface area contributed by atoms with Crippen LogP contribution >= 0.6 is 0 Å². The Bertz CT molecular complexity index is 457. The summed E-state index contributed by atoms with van der Waals surface area (Å²) in [7, 11) is -0.892. The summed E-state index contributed by atoms with van der Waals surface area (Å²) in [5, 5.41) is 0.0617. The van der Waals surface area contributed by atoms with Gasteiger partial charge in [0.2, 0.25) is 0 Å². The Morgan fingerprint density at radius 3 is 2.94 bits per heavy atom. The second kappa shape index (κ2) is 5.11. The van der Waals surface area contributed by atoms with Crippen LogP contribution in [-0.4, -0.2) is 27.9 Å². The van der Waals surface area contributed by atoms with Crippen LogP contribution in [0.5, 0.6) is 0 Å². The number of hydrogen-bond acceptors (Lipinski definition) is 3.